The quantitative estimate of drug-likeness (QED) is 0.535. The van der Waals surface area contributed by atoms with Gasteiger partial charge in [-0.2, -0.15) is 5.10 Å². The molecule has 0 saturated carbocycles. The summed E-state index contributed by atoms with van der Waals surface area (Å²) in [5.41, 5.74) is 3.73. The fraction of sp³-hybridized carbons (Fsp3) is 0.100. The Bertz CT molecular complexity index is 1120. The zero-order valence-electron chi connectivity index (χ0n) is 15.3. The highest BCUT2D eigenvalue weighted by molar-refractivity contribution is 5.90. The average molecular weight is 375 g/mol. The third-order valence-electron chi connectivity index (χ3n) is 4.20. The SMILES string of the molecule is COC(=O)c1ccc(-c2cnn3ccc(Nc4ccc(OC)nc4)nc23)cc1. The first-order valence-electron chi connectivity index (χ1n) is 8.48. The summed E-state index contributed by atoms with van der Waals surface area (Å²) in [7, 11) is 2.93. The molecule has 3 aromatic heterocycles. The maximum absolute atomic E-state index is 11.6. The van der Waals surface area contributed by atoms with E-state index in [0.717, 1.165) is 16.8 Å². The molecule has 140 valence electrons. The minimum absolute atomic E-state index is 0.371. The molecule has 0 spiro atoms. The van der Waals surface area contributed by atoms with Crippen LogP contribution in [0.1, 0.15) is 10.4 Å². The minimum Gasteiger partial charge on any atom is -0.481 e. The number of esters is 1. The number of nitrogens with zero attached hydrogens (tertiary/aromatic N) is 4. The second kappa shape index (κ2) is 7.36. The second-order valence-corrected chi connectivity index (χ2v) is 5.92. The van der Waals surface area contributed by atoms with Gasteiger partial charge in [-0.1, -0.05) is 12.1 Å². The number of fused-ring (bicyclic) bond motifs is 1. The standard InChI is InChI=1S/C20H17N5O3/c1-27-18-8-7-15(11-21-18)23-17-9-10-25-19(24-17)16(12-22-25)13-3-5-14(6-4-13)20(26)28-2/h3-12H,1-2H3,(H,23,24). The van der Waals surface area contributed by atoms with Gasteiger partial charge >= 0.3 is 5.97 Å². The van der Waals surface area contributed by atoms with Gasteiger partial charge in [0.05, 0.1) is 37.9 Å². The van der Waals surface area contributed by atoms with Gasteiger partial charge in [-0.25, -0.2) is 19.3 Å². The summed E-state index contributed by atoms with van der Waals surface area (Å²) < 4.78 is 11.5. The van der Waals surface area contributed by atoms with Crippen LogP contribution in [0.5, 0.6) is 5.88 Å². The number of ether oxygens (including phenoxy) is 2. The lowest BCUT2D eigenvalue weighted by molar-refractivity contribution is 0.0601. The zero-order valence-corrected chi connectivity index (χ0v) is 15.3. The van der Waals surface area contributed by atoms with E-state index in [4.69, 9.17) is 9.47 Å². The van der Waals surface area contributed by atoms with E-state index < -0.39 is 0 Å². The number of anilines is 2. The Hall–Kier alpha value is -3.94. The average Bonchev–Trinajstić information content (AvgIpc) is 3.17. The van der Waals surface area contributed by atoms with Gasteiger partial charge in [0.25, 0.3) is 0 Å². The van der Waals surface area contributed by atoms with Crippen molar-refractivity contribution in [1.82, 2.24) is 19.6 Å². The number of methoxy groups -OCH3 is 2. The number of nitrogens with one attached hydrogen (secondary N) is 1. The van der Waals surface area contributed by atoms with Crippen molar-refractivity contribution in [2.24, 2.45) is 0 Å². The topological polar surface area (TPSA) is 90.6 Å². The number of carbonyl (C=O) groups excluding carboxylic acids is 1. The summed E-state index contributed by atoms with van der Waals surface area (Å²) in [4.78, 5) is 20.4. The monoisotopic (exact) mass is 375 g/mol. The summed E-state index contributed by atoms with van der Waals surface area (Å²) in [5.74, 6) is 0.832. The van der Waals surface area contributed by atoms with Gasteiger partial charge in [0.2, 0.25) is 5.88 Å². The molecule has 1 aromatic carbocycles. The molecule has 28 heavy (non-hydrogen) atoms. The predicted molar refractivity (Wildman–Crippen MR) is 104 cm³/mol. The van der Waals surface area contributed by atoms with E-state index in [-0.39, 0.29) is 5.97 Å². The molecule has 0 radical (unpaired) electrons. The van der Waals surface area contributed by atoms with Gasteiger partial charge in [-0.3, -0.25) is 0 Å². The number of pyridine rings is 1. The maximum atomic E-state index is 11.6. The van der Waals surface area contributed by atoms with Crippen LogP contribution in [-0.2, 0) is 4.74 Å². The highest BCUT2D eigenvalue weighted by Gasteiger charge is 2.11. The minimum atomic E-state index is -0.371. The first-order chi connectivity index (χ1) is 13.7. The molecule has 4 rings (SSSR count). The fourth-order valence-corrected chi connectivity index (χ4v) is 2.77. The van der Waals surface area contributed by atoms with E-state index in [1.165, 1.54) is 7.11 Å². The Labute approximate surface area is 160 Å². The second-order valence-electron chi connectivity index (χ2n) is 5.92. The Morgan fingerprint density at radius 2 is 1.86 bits per heavy atom. The van der Waals surface area contributed by atoms with Gasteiger partial charge in [0.15, 0.2) is 5.65 Å². The van der Waals surface area contributed by atoms with Crippen LogP contribution in [0.25, 0.3) is 16.8 Å². The van der Waals surface area contributed by atoms with Crippen molar-refractivity contribution in [1.29, 1.82) is 0 Å². The summed E-state index contributed by atoms with van der Waals surface area (Å²) in [6.07, 6.45) is 5.25. The van der Waals surface area contributed by atoms with E-state index in [2.05, 4.69) is 20.4 Å². The van der Waals surface area contributed by atoms with Crippen molar-refractivity contribution in [2.75, 3.05) is 19.5 Å². The highest BCUT2D eigenvalue weighted by Crippen LogP contribution is 2.25. The van der Waals surface area contributed by atoms with Gasteiger partial charge in [-0.05, 0) is 29.8 Å². The van der Waals surface area contributed by atoms with E-state index >= 15 is 0 Å². The molecule has 0 atom stereocenters. The van der Waals surface area contributed by atoms with Crippen LogP contribution in [0.2, 0.25) is 0 Å². The largest absolute Gasteiger partial charge is 0.481 e. The molecule has 0 bridgehead atoms. The highest BCUT2D eigenvalue weighted by atomic mass is 16.5. The van der Waals surface area contributed by atoms with Crippen molar-refractivity contribution in [3.8, 4) is 17.0 Å². The van der Waals surface area contributed by atoms with Crippen LogP contribution in [0.4, 0.5) is 11.5 Å². The van der Waals surface area contributed by atoms with Crippen molar-refractivity contribution < 1.29 is 14.3 Å². The van der Waals surface area contributed by atoms with Gasteiger partial charge in [-0.15, -0.1) is 0 Å². The Morgan fingerprint density at radius 1 is 1.04 bits per heavy atom. The predicted octanol–water partition coefficient (Wildman–Crippen LogP) is 3.33. The molecule has 3 heterocycles. The lowest BCUT2D eigenvalue weighted by atomic mass is 10.1. The lowest BCUT2D eigenvalue weighted by Crippen LogP contribution is -2.00. The van der Waals surface area contributed by atoms with E-state index in [1.807, 2.05) is 30.5 Å². The summed E-state index contributed by atoms with van der Waals surface area (Å²) in [6.45, 7) is 0. The van der Waals surface area contributed by atoms with Crippen LogP contribution in [0.3, 0.4) is 0 Å². The first-order valence-corrected chi connectivity index (χ1v) is 8.48. The zero-order chi connectivity index (χ0) is 19.5. The van der Waals surface area contributed by atoms with Crippen LogP contribution < -0.4 is 10.1 Å². The molecular formula is C20H17N5O3. The smallest absolute Gasteiger partial charge is 0.337 e. The van der Waals surface area contributed by atoms with Crippen molar-refractivity contribution in [3.63, 3.8) is 0 Å². The summed E-state index contributed by atoms with van der Waals surface area (Å²) in [5, 5.41) is 7.56. The molecular weight excluding hydrogens is 358 g/mol. The summed E-state index contributed by atoms with van der Waals surface area (Å²) >= 11 is 0. The normalized spacial score (nSPS) is 10.6. The number of aromatic nitrogens is 4. The fourth-order valence-electron chi connectivity index (χ4n) is 2.77. The molecule has 0 aliphatic heterocycles. The van der Waals surface area contributed by atoms with E-state index in [9.17, 15) is 4.79 Å². The molecule has 0 saturated heterocycles. The molecule has 4 aromatic rings. The Morgan fingerprint density at radius 3 is 2.54 bits per heavy atom. The molecule has 8 nitrogen and oxygen atoms in total. The molecule has 0 aliphatic carbocycles. The van der Waals surface area contributed by atoms with Crippen LogP contribution in [0.15, 0.2) is 61.1 Å². The molecule has 0 unspecified atom stereocenters. The molecule has 0 fully saturated rings. The molecule has 0 amide bonds. The molecule has 1 N–H and O–H groups in total. The first kappa shape index (κ1) is 17.5. The molecule has 8 heteroatoms. The number of hydrogen-bond donors (Lipinski definition) is 1. The molecule has 0 aliphatic rings. The van der Waals surface area contributed by atoms with Gasteiger partial charge < -0.3 is 14.8 Å². The van der Waals surface area contributed by atoms with Crippen molar-refractivity contribution in [2.45, 2.75) is 0 Å². The van der Waals surface area contributed by atoms with Crippen LogP contribution in [0, 0.1) is 0 Å². The number of hydrogen-bond acceptors (Lipinski definition) is 7. The van der Waals surface area contributed by atoms with Crippen molar-refractivity contribution in [3.05, 3.63) is 66.6 Å². The van der Waals surface area contributed by atoms with Gasteiger partial charge in [0.1, 0.15) is 5.82 Å². The number of rotatable bonds is 5. The van der Waals surface area contributed by atoms with E-state index in [0.29, 0.717) is 22.9 Å². The maximum Gasteiger partial charge on any atom is 0.337 e. The number of benzene rings is 1. The van der Waals surface area contributed by atoms with Crippen LogP contribution in [-0.4, -0.2) is 39.8 Å². The van der Waals surface area contributed by atoms with Crippen molar-refractivity contribution >= 4 is 23.1 Å². The summed E-state index contributed by atoms with van der Waals surface area (Å²) in [6, 6.07) is 12.6. The Balaban J connectivity index is 1.65. The van der Waals surface area contributed by atoms with Gasteiger partial charge in [0, 0.05) is 17.8 Å². The Kier molecular flexibility index (Phi) is 4.59. The number of carbonyl (C=O) groups is 1. The third kappa shape index (κ3) is 3.35. The lowest BCUT2D eigenvalue weighted by Gasteiger charge is -2.07. The van der Waals surface area contributed by atoms with Crippen LogP contribution >= 0.6 is 0 Å². The van der Waals surface area contributed by atoms with E-state index in [1.54, 1.807) is 42.2 Å². The third-order valence-corrected chi connectivity index (χ3v) is 4.20.